The van der Waals surface area contributed by atoms with Crippen LogP contribution in [-0.4, -0.2) is 17.0 Å². The number of halogens is 1. The Kier molecular flexibility index (Phi) is 9.44. The molecule has 0 N–H and O–H groups in total. The van der Waals surface area contributed by atoms with Crippen LogP contribution in [0.1, 0.15) is 39.0 Å². The van der Waals surface area contributed by atoms with Crippen molar-refractivity contribution in [2.45, 2.75) is 39.0 Å². The molecule has 3 heteroatoms. The molecule has 0 bridgehead atoms. The van der Waals surface area contributed by atoms with Gasteiger partial charge in [-0.3, -0.25) is 4.79 Å². The van der Waals surface area contributed by atoms with E-state index in [0.29, 0.717) is 13.0 Å². The zero-order valence-electron chi connectivity index (χ0n) is 7.64. The van der Waals surface area contributed by atoms with E-state index < -0.39 is 0 Å². The number of alkyl halides is 1. The van der Waals surface area contributed by atoms with Crippen LogP contribution in [0, 0.1) is 0 Å². The predicted molar refractivity (Wildman–Crippen MR) is 58.6 cm³/mol. The number of esters is 1. The first kappa shape index (κ1) is 12.2. The average molecular weight is 284 g/mol. The van der Waals surface area contributed by atoms with Crippen molar-refractivity contribution >= 4 is 28.6 Å². The first-order valence-corrected chi connectivity index (χ1v) is 6.05. The number of ether oxygens (including phenoxy) is 1. The Hall–Kier alpha value is 0.200. The van der Waals surface area contributed by atoms with Gasteiger partial charge in [0, 0.05) is 6.42 Å². The summed E-state index contributed by atoms with van der Waals surface area (Å²) in [5.41, 5.74) is 0. The van der Waals surface area contributed by atoms with E-state index in [-0.39, 0.29) is 5.97 Å². The largest absolute Gasteiger partial charge is 0.466 e. The fourth-order valence-electron chi connectivity index (χ4n) is 0.829. The van der Waals surface area contributed by atoms with Crippen LogP contribution >= 0.6 is 22.6 Å². The lowest BCUT2D eigenvalue weighted by Gasteiger charge is -2.01. The molecule has 0 radical (unpaired) electrons. The highest BCUT2D eigenvalue weighted by Crippen LogP contribution is 2.03. The monoisotopic (exact) mass is 284 g/mol. The van der Waals surface area contributed by atoms with E-state index >= 15 is 0 Å². The Balaban J connectivity index is 3.08. The van der Waals surface area contributed by atoms with Gasteiger partial charge in [-0.05, 0) is 23.7 Å². The topological polar surface area (TPSA) is 26.3 Å². The van der Waals surface area contributed by atoms with Gasteiger partial charge in [0.25, 0.3) is 0 Å². The third kappa shape index (κ3) is 8.30. The van der Waals surface area contributed by atoms with Gasteiger partial charge in [0.2, 0.25) is 0 Å². The highest BCUT2D eigenvalue weighted by molar-refractivity contribution is 14.1. The van der Waals surface area contributed by atoms with E-state index in [1.165, 1.54) is 10.8 Å². The van der Waals surface area contributed by atoms with Crippen molar-refractivity contribution in [3.8, 4) is 0 Å². The summed E-state index contributed by atoms with van der Waals surface area (Å²) in [6.45, 7) is 2.58. The van der Waals surface area contributed by atoms with E-state index in [2.05, 4.69) is 22.6 Å². The van der Waals surface area contributed by atoms with Crippen molar-refractivity contribution in [2.75, 3.05) is 11.0 Å². The third-order valence-electron chi connectivity index (χ3n) is 1.48. The van der Waals surface area contributed by atoms with E-state index in [1.54, 1.807) is 0 Å². The Labute approximate surface area is 88.2 Å². The van der Waals surface area contributed by atoms with Gasteiger partial charge in [-0.25, -0.2) is 0 Å². The van der Waals surface area contributed by atoms with E-state index in [4.69, 9.17) is 4.74 Å². The van der Waals surface area contributed by atoms with Crippen LogP contribution in [0.2, 0.25) is 0 Å². The summed E-state index contributed by atoms with van der Waals surface area (Å²) in [5.74, 6) is -0.0368. The molecule has 0 rings (SSSR count). The summed E-state index contributed by atoms with van der Waals surface area (Å²) in [6.07, 6.45) is 4.84. The van der Waals surface area contributed by atoms with Crippen LogP contribution in [0.4, 0.5) is 0 Å². The number of hydrogen-bond donors (Lipinski definition) is 0. The summed E-state index contributed by atoms with van der Waals surface area (Å²) < 4.78 is 6.11. The highest BCUT2D eigenvalue weighted by atomic mass is 127. The second kappa shape index (κ2) is 9.29. The molecule has 0 aliphatic heterocycles. The maximum atomic E-state index is 10.9. The fourth-order valence-corrected chi connectivity index (χ4v) is 1.37. The van der Waals surface area contributed by atoms with Crippen LogP contribution in [0.3, 0.4) is 0 Å². The van der Waals surface area contributed by atoms with Gasteiger partial charge in [0.05, 0.1) is 6.61 Å². The van der Waals surface area contributed by atoms with Crippen molar-refractivity contribution in [1.82, 2.24) is 0 Å². The molecular weight excluding hydrogens is 267 g/mol. The van der Waals surface area contributed by atoms with Crippen molar-refractivity contribution in [1.29, 1.82) is 0 Å². The van der Waals surface area contributed by atoms with Gasteiger partial charge in [0.15, 0.2) is 0 Å². The molecule has 72 valence electrons. The minimum atomic E-state index is -0.0368. The number of unbranched alkanes of at least 4 members (excludes halogenated alkanes) is 2. The number of carbonyl (C=O) groups excluding carboxylic acids is 1. The van der Waals surface area contributed by atoms with Crippen LogP contribution in [0.25, 0.3) is 0 Å². The Morgan fingerprint density at radius 1 is 1.33 bits per heavy atom. The predicted octanol–water partition coefficient (Wildman–Crippen LogP) is 2.94. The summed E-state index contributed by atoms with van der Waals surface area (Å²) in [7, 11) is 0. The standard InChI is InChI=1S/C9H17IO2/c1-2-8-12-9(11)6-4-3-5-7-10/h2-8H2,1H3. The van der Waals surface area contributed by atoms with Crippen molar-refractivity contribution < 1.29 is 9.53 Å². The van der Waals surface area contributed by atoms with Gasteiger partial charge in [-0.15, -0.1) is 0 Å². The molecule has 0 saturated carbocycles. The molecule has 2 nitrogen and oxygen atoms in total. The Bertz CT molecular complexity index is 115. The minimum Gasteiger partial charge on any atom is -0.466 e. The molecule has 0 aliphatic carbocycles. The summed E-state index contributed by atoms with van der Waals surface area (Å²) in [4.78, 5) is 10.9. The molecule has 0 saturated heterocycles. The summed E-state index contributed by atoms with van der Waals surface area (Å²) in [6, 6.07) is 0. The quantitative estimate of drug-likeness (QED) is 0.311. The maximum absolute atomic E-state index is 10.9. The summed E-state index contributed by atoms with van der Waals surface area (Å²) >= 11 is 2.35. The zero-order chi connectivity index (χ0) is 9.23. The lowest BCUT2D eigenvalue weighted by Crippen LogP contribution is -2.04. The molecule has 0 atom stereocenters. The second-order valence-electron chi connectivity index (χ2n) is 2.72. The first-order chi connectivity index (χ1) is 5.81. The Morgan fingerprint density at radius 2 is 2.08 bits per heavy atom. The van der Waals surface area contributed by atoms with Gasteiger partial charge in [-0.1, -0.05) is 35.9 Å². The second-order valence-corrected chi connectivity index (χ2v) is 3.80. The highest BCUT2D eigenvalue weighted by Gasteiger charge is 2.00. The number of rotatable bonds is 7. The number of carbonyl (C=O) groups is 1. The van der Waals surface area contributed by atoms with Crippen LogP contribution in [0.15, 0.2) is 0 Å². The van der Waals surface area contributed by atoms with Gasteiger partial charge in [0.1, 0.15) is 0 Å². The number of hydrogen-bond acceptors (Lipinski definition) is 2. The molecule has 0 heterocycles. The van der Waals surface area contributed by atoms with Gasteiger partial charge >= 0.3 is 5.97 Å². The SMILES string of the molecule is CCCOC(=O)CCCCCI. The molecule has 0 aromatic carbocycles. The molecule has 0 aliphatic rings. The summed E-state index contributed by atoms with van der Waals surface area (Å²) in [5, 5.41) is 0. The molecule has 0 fully saturated rings. The molecule has 0 aromatic heterocycles. The fraction of sp³-hybridized carbons (Fsp3) is 0.889. The lowest BCUT2D eigenvalue weighted by atomic mass is 10.2. The van der Waals surface area contributed by atoms with E-state index in [1.807, 2.05) is 6.92 Å². The van der Waals surface area contributed by atoms with Crippen LogP contribution in [0.5, 0.6) is 0 Å². The normalized spacial score (nSPS) is 9.83. The molecule has 0 aromatic rings. The van der Waals surface area contributed by atoms with Crippen LogP contribution < -0.4 is 0 Å². The Morgan fingerprint density at radius 3 is 2.67 bits per heavy atom. The molecule has 0 amide bonds. The molecule has 0 unspecified atom stereocenters. The first-order valence-electron chi connectivity index (χ1n) is 4.52. The molecule has 0 spiro atoms. The lowest BCUT2D eigenvalue weighted by molar-refractivity contribution is -0.143. The molecular formula is C9H17IO2. The van der Waals surface area contributed by atoms with Crippen molar-refractivity contribution in [3.05, 3.63) is 0 Å². The van der Waals surface area contributed by atoms with Crippen molar-refractivity contribution in [2.24, 2.45) is 0 Å². The van der Waals surface area contributed by atoms with E-state index in [0.717, 1.165) is 19.3 Å². The van der Waals surface area contributed by atoms with E-state index in [9.17, 15) is 4.79 Å². The maximum Gasteiger partial charge on any atom is 0.305 e. The smallest absolute Gasteiger partial charge is 0.305 e. The third-order valence-corrected chi connectivity index (χ3v) is 2.24. The molecule has 12 heavy (non-hydrogen) atoms. The van der Waals surface area contributed by atoms with Crippen LogP contribution in [-0.2, 0) is 9.53 Å². The van der Waals surface area contributed by atoms with Gasteiger partial charge in [-0.2, -0.15) is 0 Å². The van der Waals surface area contributed by atoms with Crippen molar-refractivity contribution in [3.63, 3.8) is 0 Å². The minimum absolute atomic E-state index is 0.0368. The zero-order valence-corrected chi connectivity index (χ0v) is 9.80. The average Bonchev–Trinajstić information content (AvgIpc) is 2.09. The van der Waals surface area contributed by atoms with Gasteiger partial charge < -0.3 is 4.74 Å².